The number of carbonyl (C=O) groups is 1. The molecule has 1 unspecified atom stereocenters. The lowest BCUT2D eigenvalue weighted by molar-refractivity contribution is -0.124. The summed E-state index contributed by atoms with van der Waals surface area (Å²) in [5.41, 5.74) is 3.32. The van der Waals surface area contributed by atoms with Gasteiger partial charge >= 0.3 is 0 Å². The first-order valence-electron chi connectivity index (χ1n) is 11.4. The van der Waals surface area contributed by atoms with Crippen molar-refractivity contribution >= 4 is 28.1 Å². The highest BCUT2D eigenvalue weighted by molar-refractivity contribution is 7.13. The van der Waals surface area contributed by atoms with Gasteiger partial charge in [0.15, 0.2) is 5.13 Å². The number of ether oxygens (including phenoxy) is 2. The predicted molar refractivity (Wildman–Crippen MR) is 140 cm³/mol. The molecule has 0 radical (unpaired) electrons. The van der Waals surface area contributed by atoms with Crippen LogP contribution in [0.25, 0.3) is 0 Å². The molecular weight excluding hydrogens is 458 g/mol. The maximum absolute atomic E-state index is 13.4. The molecule has 35 heavy (non-hydrogen) atoms. The zero-order chi connectivity index (χ0) is 24.4. The Balaban J connectivity index is 1.44. The second-order valence-corrected chi connectivity index (χ2v) is 9.93. The van der Waals surface area contributed by atoms with Crippen molar-refractivity contribution in [3.8, 4) is 17.2 Å². The summed E-state index contributed by atoms with van der Waals surface area (Å²) < 4.78 is 11.6. The molecule has 1 amide bonds. The molecule has 0 aliphatic carbocycles. The van der Waals surface area contributed by atoms with Crippen LogP contribution in [0.4, 0.5) is 10.8 Å². The first-order chi connectivity index (χ1) is 17.0. The molecule has 1 aromatic heterocycles. The number of nitrogens with zero attached hydrogens (tertiary/aromatic N) is 1. The number of aromatic nitrogens is 1. The maximum atomic E-state index is 13.4. The Morgan fingerprint density at radius 2 is 1.83 bits per heavy atom. The van der Waals surface area contributed by atoms with Gasteiger partial charge in [-0.3, -0.25) is 4.79 Å². The molecule has 1 aliphatic rings. The number of benzene rings is 3. The lowest BCUT2D eigenvalue weighted by atomic mass is 9.69. The number of para-hydroxylation sites is 1. The quantitative estimate of drug-likeness (QED) is 0.306. The fourth-order valence-electron chi connectivity index (χ4n) is 4.47. The molecule has 0 fully saturated rings. The second kappa shape index (κ2) is 9.43. The van der Waals surface area contributed by atoms with Crippen LogP contribution in [0.3, 0.4) is 0 Å². The lowest BCUT2D eigenvalue weighted by Crippen LogP contribution is -2.38. The van der Waals surface area contributed by atoms with Crippen LogP contribution >= 0.6 is 11.3 Å². The molecule has 7 heteroatoms. The average molecular weight is 486 g/mol. The summed E-state index contributed by atoms with van der Waals surface area (Å²) in [5, 5.41) is 8.91. The molecule has 2 N–H and O–H groups in total. The minimum absolute atomic E-state index is 0.0817. The maximum Gasteiger partial charge on any atom is 0.232 e. The third-order valence-corrected chi connectivity index (χ3v) is 7.08. The molecule has 1 aliphatic heterocycles. The molecule has 6 nitrogen and oxygen atoms in total. The minimum Gasteiger partial charge on any atom is -0.497 e. The summed E-state index contributed by atoms with van der Waals surface area (Å²) in [5.74, 6) is 2.10. The number of hydrogen-bond acceptors (Lipinski definition) is 6. The van der Waals surface area contributed by atoms with Gasteiger partial charge in [-0.1, -0.05) is 50.2 Å². The molecule has 0 bridgehead atoms. The Hall–Kier alpha value is -3.84. The van der Waals surface area contributed by atoms with Crippen LogP contribution in [-0.2, 0) is 11.3 Å². The number of amides is 1. The van der Waals surface area contributed by atoms with Gasteiger partial charge in [0.25, 0.3) is 0 Å². The standard InChI is InChI=1S/C28H27N3O3S/c1-28(2,26(32)31-27-29-14-15-35-27)25-21-6-4-5-7-23(21)34-24-16-19(10-13-22(24)25)30-17-18-8-11-20(33-3)12-9-18/h4-16,25,30H,17H2,1-3H3,(H,29,31,32). The zero-order valence-electron chi connectivity index (χ0n) is 19.9. The molecule has 0 saturated carbocycles. The van der Waals surface area contributed by atoms with E-state index in [4.69, 9.17) is 9.47 Å². The molecule has 3 aromatic carbocycles. The van der Waals surface area contributed by atoms with Gasteiger partial charge in [0.2, 0.25) is 5.91 Å². The van der Waals surface area contributed by atoms with E-state index in [-0.39, 0.29) is 11.8 Å². The fourth-order valence-corrected chi connectivity index (χ4v) is 4.99. The largest absolute Gasteiger partial charge is 0.497 e. The SMILES string of the molecule is COc1ccc(CNc2ccc3c(c2)Oc2ccccc2C3C(C)(C)C(=O)Nc2nccs2)cc1. The molecule has 5 rings (SSSR count). The number of nitrogens with one attached hydrogen (secondary N) is 2. The van der Waals surface area contributed by atoms with Crippen LogP contribution in [0.15, 0.2) is 78.3 Å². The van der Waals surface area contributed by atoms with E-state index in [1.54, 1.807) is 13.3 Å². The number of fused-ring (bicyclic) bond motifs is 2. The fraction of sp³-hybridized carbons (Fsp3) is 0.214. The summed E-state index contributed by atoms with van der Waals surface area (Å²) in [6.45, 7) is 4.62. The number of carbonyl (C=O) groups excluding carboxylic acids is 1. The summed E-state index contributed by atoms with van der Waals surface area (Å²) >= 11 is 1.41. The Kier molecular flexibility index (Phi) is 6.17. The highest BCUT2D eigenvalue weighted by Crippen LogP contribution is 2.52. The van der Waals surface area contributed by atoms with Gasteiger partial charge in [0.05, 0.1) is 12.5 Å². The third-order valence-electron chi connectivity index (χ3n) is 6.39. The Morgan fingerprint density at radius 1 is 1.06 bits per heavy atom. The monoisotopic (exact) mass is 485 g/mol. The second-order valence-electron chi connectivity index (χ2n) is 9.04. The van der Waals surface area contributed by atoms with Crippen molar-refractivity contribution in [2.75, 3.05) is 17.7 Å². The number of anilines is 2. The van der Waals surface area contributed by atoms with Crippen molar-refractivity contribution < 1.29 is 14.3 Å². The summed E-state index contributed by atoms with van der Waals surface area (Å²) in [7, 11) is 1.66. The van der Waals surface area contributed by atoms with E-state index in [0.717, 1.165) is 39.6 Å². The van der Waals surface area contributed by atoms with E-state index in [0.29, 0.717) is 11.7 Å². The Bertz CT molecular complexity index is 1330. The van der Waals surface area contributed by atoms with Crippen molar-refractivity contribution in [3.05, 3.63) is 95.0 Å². The molecule has 0 spiro atoms. The Morgan fingerprint density at radius 3 is 2.57 bits per heavy atom. The van der Waals surface area contributed by atoms with Gasteiger partial charge in [-0.2, -0.15) is 0 Å². The topological polar surface area (TPSA) is 72.5 Å². The average Bonchev–Trinajstić information content (AvgIpc) is 3.39. The lowest BCUT2D eigenvalue weighted by Gasteiger charge is -2.38. The number of hydrogen-bond donors (Lipinski definition) is 2. The van der Waals surface area contributed by atoms with Crippen LogP contribution < -0.4 is 20.1 Å². The molecular formula is C28H27N3O3S. The van der Waals surface area contributed by atoms with Crippen LogP contribution in [0, 0.1) is 5.41 Å². The molecule has 2 heterocycles. The van der Waals surface area contributed by atoms with Crippen molar-refractivity contribution in [3.63, 3.8) is 0 Å². The summed E-state index contributed by atoms with van der Waals surface area (Å²) in [6.07, 6.45) is 1.69. The van der Waals surface area contributed by atoms with Gasteiger partial charge in [-0.05, 0) is 29.8 Å². The highest BCUT2D eigenvalue weighted by atomic mass is 32.1. The smallest absolute Gasteiger partial charge is 0.232 e. The third kappa shape index (κ3) is 4.59. The van der Waals surface area contributed by atoms with Crippen LogP contribution in [0.2, 0.25) is 0 Å². The molecule has 178 valence electrons. The van der Waals surface area contributed by atoms with Gasteiger partial charge in [-0.15, -0.1) is 11.3 Å². The van der Waals surface area contributed by atoms with E-state index in [2.05, 4.69) is 21.7 Å². The highest BCUT2D eigenvalue weighted by Gasteiger charge is 2.43. The van der Waals surface area contributed by atoms with Crippen LogP contribution in [0.1, 0.15) is 36.5 Å². The van der Waals surface area contributed by atoms with E-state index < -0.39 is 5.41 Å². The molecule has 0 saturated heterocycles. The number of thiazole rings is 1. The van der Waals surface area contributed by atoms with Crippen molar-refractivity contribution in [1.82, 2.24) is 4.98 Å². The van der Waals surface area contributed by atoms with Crippen LogP contribution in [0.5, 0.6) is 17.2 Å². The zero-order valence-corrected chi connectivity index (χ0v) is 20.7. The van der Waals surface area contributed by atoms with E-state index >= 15 is 0 Å². The first kappa shape index (κ1) is 22.9. The van der Waals surface area contributed by atoms with Crippen molar-refractivity contribution in [2.24, 2.45) is 5.41 Å². The summed E-state index contributed by atoms with van der Waals surface area (Å²) in [4.78, 5) is 17.6. The van der Waals surface area contributed by atoms with Crippen LogP contribution in [-0.4, -0.2) is 18.0 Å². The molecule has 1 atom stereocenters. The number of methoxy groups -OCH3 is 1. The summed E-state index contributed by atoms with van der Waals surface area (Å²) in [6, 6.07) is 22.0. The van der Waals surface area contributed by atoms with E-state index in [1.165, 1.54) is 11.3 Å². The van der Waals surface area contributed by atoms with Crippen molar-refractivity contribution in [2.45, 2.75) is 26.3 Å². The minimum atomic E-state index is -0.752. The Labute approximate surface area is 208 Å². The van der Waals surface area contributed by atoms with E-state index in [9.17, 15) is 4.79 Å². The van der Waals surface area contributed by atoms with E-state index in [1.807, 2.05) is 79.9 Å². The van der Waals surface area contributed by atoms with Gasteiger partial charge in [-0.25, -0.2) is 4.98 Å². The van der Waals surface area contributed by atoms with Gasteiger partial charge in [0, 0.05) is 46.9 Å². The van der Waals surface area contributed by atoms with Gasteiger partial charge < -0.3 is 20.1 Å². The van der Waals surface area contributed by atoms with Crippen molar-refractivity contribution in [1.29, 1.82) is 0 Å². The van der Waals surface area contributed by atoms with Gasteiger partial charge in [0.1, 0.15) is 17.2 Å². The first-order valence-corrected chi connectivity index (χ1v) is 12.3. The molecule has 4 aromatic rings. The predicted octanol–water partition coefficient (Wildman–Crippen LogP) is 6.67. The normalized spacial score (nSPS) is 14.3. The number of rotatable bonds is 7.